The molecule has 0 spiro atoms. The zero-order valence-corrected chi connectivity index (χ0v) is 13.7. The minimum absolute atomic E-state index is 0.116. The van der Waals surface area contributed by atoms with Gasteiger partial charge in [0.25, 0.3) is 10.0 Å². The highest BCUT2D eigenvalue weighted by molar-refractivity contribution is 7.94. The van der Waals surface area contributed by atoms with Crippen LogP contribution in [0.4, 0.5) is 5.69 Å². The number of hydrogen-bond donors (Lipinski definition) is 2. The molecule has 1 heterocycles. The molecular formula is C14H16N2O4S2. The fourth-order valence-electron chi connectivity index (χ4n) is 1.97. The molecule has 0 fully saturated rings. The zero-order valence-electron chi connectivity index (χ0n) is 12.1. The molecule has 0 unspecified atom stereocenters. The zero-order chi connectivity index (χ0) is 16.3. The van der Waals surface area contributed by atoms with E-state index in [9.17, 15) is 13.2 Å². The Hall–Kier alpha value is -1.93. The summed E-state index contributed by atoms with van der Waals surface area (Å²) in [5, 5.41) is 9.07. The number of aromatic carboxylic acids is 1. The smallest absolute Gasteiger partial charge is 0.335 e. The highest BCUT2D eigenvalue weighted by atomic mass is 32.2. The molecule has 8 heteroatoms. The number of hydrogen-bond acceptors (Lipinski definition) is 5. The van der Waals surface area contributed by atoms with Crippen LogP contribution in [0.15, 0.2) is 34.7 Å². The number of benzene rings is 1. The molecule has 0 aliphatic heterocycles. The molecule has 6 nitrogen and oxygen atoms in total. The van der Waals surface area contributed by atoms with Crippen LogP contribution in [0.5, 0.6) is 0 Å². The molecule has 0 atom stereocenters. The van der Waals surface area contributed by atoms with Crippen LogP contribution < -0.4 is 4.72 Å². The molecule has 1 aromatic heterocycles. The van der Waals surface area contributed by atoms with Crippen molar-refractivity contribution >= 4 is 33.2 Å². The predicted molar refractivity (Wildman–Crippen MR) is 84.9 cm³/mol. The van der Waals surface area contributed by atoms with Crippen LogP contribution in [-0.2, 0) is 16.4 Å². The summed E-state index contributed by atoms with van der Waals surface area (Å²) >= 11 is 0.882. The van der Waals surface area contributed by atoms with Crippen LogP contribution in [-0.4, -0.2) is 23.9 Å². The number of aromatic nitrogens is 1. The van der Waals surface area contributed by atoms with E-state index in [1.807, 2.05) is 13.8 Å². The van der Waals surface area contributed by atoms with Crippen LogP contribution in [0, 0.1) is 5.92 Å². The van der Waals surface area contributed by atoms with E-state index in [0.29, 0.717) is 17.7 Å². The van der Waals surface area contributed by atoms with E-state index in [1.54, 1.807) is 0 Å². The standard InChI is InChI=1S/C14H16N2O4S2/c1-9(2)7-11-8-10(14(17)18)3-4-12(11)16-22(19,20)13-5-6-15-21-13/h3-6,8-9,16H,7H2,1-2H3,(H,17,18). The Morgan fingerprint density at radius 1 is 1.36 bits per heavy atom. The van der Waals surface area contributed by atoms with Crippen molar-refractivity contribution in [1.82, 2.24) is 4.37 Å². The first-order chi connectivity index (χ1) is 10.3. The van der Waals surface area contributed by atoms with Crippen LogP contribution in [0.1, 0.15) is 29.8 Å². The quantitative estimate of drug-likeness (QED) is 0.843. The average Bonchev–Trinajstić information content (AvgIpc) is 2.94. The molecule has 0 saturated carbocycles. The molecule has 0 saturated heterocycles. The third-order valence-corrected chi connectivity index (χ3v) is 5.48. The van der Waals surface area contributed by atoms with Gasteiger partial charge in [0.05, 0.1) is 11.3 Å². The average molecular weight is 340 g/mol. The first-order valence-electron chi connectivity index (χ1n) is 6.59. The van der Waals surface area contributed by atoms with Gasteiger partial charge in [-0.3, -0.25) is 4.72 Å². The van der Waals surface area contributed by atoms with Crippen molar-refractivity contribution in [3.63, 3.8) is 0 Å². The largest absolute Gasteiger partial charge is 0.478 e. The number of nitrogens with one attached hydrogen (secondary N) is 1. The number of sulfonamides is 1. The second-order valence-electron chi connectivity index (χ2n) is 5.21. The molecule has 1 aromatic carbocycles. The summed E-state index contributed by atoms with van der Waals surface area (Å²) in [6.45, 7) is 3.96. The first-order valence-corrected chi connectivity index (χ1v) is 8.85. The molecule has 0 aliphatic rings. The number of carboxylic acids is 1. The van der Waals surface area contributed by atoms with Crippen molar-refractivity contribution in [2.75, 3.05) is 4.72 Å². The van der Waals surface area contributed by atoms with E-state index in [4.69, 9.17) is 5.11 Å². The molecule has 0 bridgehead atoms. The lowest BCUT2D eigenvalue weighted by Crippen LogP contribution is -2.14. The number of carbonyl (C=O) groups is 1. The molecule has 2 aromatic rings. The number of carboxylic acid groups (broad SMARTS) is 1. The van der Waals surface area contributed by atoms with Crippen molar-refractivity contribution in [2.24, 2.45) is 5.92 Å². The summed E-state index contributed by atoms with van der Waals surface area (Å²) < 4.78 is 30.9. The number of nitrogens with zero attached hydrogens (tertiary/aromatic N) is 1. The third-order valence-electron chi connectivity index (χ3n) is 2.90. The minimum Gasteiger partial charge on any atom is -0.478 e. The highest BCUT2D eigenvalue weighted by Gasteiger charge is 2.19. The van der Waals surface area contributed by atoms with Crippen LogP contribution in [0.3, 0.4) is 0 Å². The second kappa shape index (κ2) is 6.45. The highest BCUT2D eigenvalue weighted by Crippen LogP contribution is 2.25. The van der Waals surface area contributed by atoms with Gasteiger partial charge in [-0.2, -0.15) is 4.37 Å². The van der Waals surface area contributed by atoms with Crippen LogP contribution >= 0.6 is 11.5 Å². The summed E-state index contributed by atoms with van der Waals surface area (Å²) in [5.41, 5.74) is 1.19. The van der Waals surface area contributed by atoms with Gasteiger partial charge >= 0.3 is 5.97 Å². The van der Waals surface area contributed by atoms with Gasteiger partial charge in [-0.15, -0.1) is 0 Å². The second-order valence-corrected chi connectivity index (χ2v) is 7.95. The van der Waals surface area contributed by atoms with Crippen molar-refractivity contribution in [2.45, 2.75) is 24.5 Å². The Bertz CT molecular complexity index is 768. The molecule has 0 aliphatic carbocycles. The van der Waals surface area contributed by atoms with E-state index in [-0.39, 0.29) is 15.7 Å². The molecular weight excluding hydrogens is 324 g/mol. The number of rotatable bonds is 6. The SMILES string of the molecule is CC(C)Cc1cc(C(=O)O)ccc1NS(=O)(=O)c1ccns1. The van der Waals surface area contributed by atoms with Gasteiger partial charge < -0.3 is 5.11 Å². The lowest BCUT2D eigenvalue weighted by atomic mass is 9.99. The van der Waals surface area contributed by atoms with Crippen molar-refractivity contribution < 1.29 is 18.3 Å². The fraction of sp³-hybridized carbons (Fsp3) is 0.286. The molecule has 0 radical (unpaired) electrons. The summed E-state index contributed by atoms with van der Waals surface area (Å²) in [5.74, 6) is -0.780. The van der Waals surface area contributed by atoms with Gasteiger partial charge in [-0.1, -0.05) is 13.8 Å². The monoisotopic (exact) mass is 340 g/mol. The lowest BCUT2D eigenvalue weighted by Gasteiger charge is -2.14. The van der Waals surface area contributed by atoms with E-state index < -0.39 is 16.0 Å². The maximum absolute atomic E-state index is 12.3. The minimum atomic E-state index is -3.70. The van der Waals surface area contributed by atoms with Gasteiger partial charge in [0.1, 0.15) is 0 Å². The maximum Gasteiger partial charge on any atom is 0.335 e. The third kappa shape index (κ3) is 3.83. The van der Waals surface area contributed by atoms with E-state index in [1.165, 1.54) is 30.5 Å². The van der Waals surface area contributed by atoms with E-state index in [0.717, 1.165) is 11.5 Å². The summed E-state index contributed by atoms with van der Waals surface area (Å²) in [4.78, 5) is 11.1. The lowest BCUT2D eigenvalue weighted by molar-refractivity contribution is 0.0696. The van der Waals surface area contributed by atoms with Gasteiger partial charge in [-0.05, 0) is 53.7 Å². The molecule has 0 amide bonds. The van der Waals surface area contributed by atoms with Crippen LogP contribution in [0.2, 0.25) is 0 Å². The van der Waals surface area contributed by atoms with Gasteiger partial charge in [0.2, 0.25) is 0 Å². The van der Waals surface area contributed by atoms with Crippen molar-refractivity contribution in [1.29, 1.82) is 0 Å². The summed E-state index contributed by atoms with van der Waals surface area (Å²) in [6.07, 6.45) is 1.99. The van der Waals surface area contributed by atoms with Gasteiger partial charge in [0, 0.05) is 6.20 Å². The van der Waals surface area contributed by atoms with E-state index >= 15 is 0 Å². The maximum atomic E-state index is 12.3. The van der Waals surface area contributed by atoms with E-state index in [2.05, 4.69) is 9.10 Å². The summed E-state index contributed by atoms with van der Waals surface area (Å²) in [6, 6.07) is 5.80. The fourth-order valence-corrected chi connectivity index (χ4v) is 3.80. The van der Waals surface area contributed by atoms with Crippen molar-refractivity contribution in [3.05, 3.63) is 41.6 Å². The Labute approximate surface area is 133 Å². The Morgan fingerprint density at radius 3 is 2.64 bits per heavy atom. The Morgan fingerprint density at radius 2 is 2.09 bits per heavy atom. The van der Waals surface area contributed by atoms with Crippen molar-refractivity contribution in [3.8, 4) is 0 Å². The van der Waals surface area contributed by atoms with Gasteiger partial charge in [-0.25, -0.2) is 13.2 Å². The Balaban J connectivity index is 2.39. The molecule has 2 rings (SSSR count). The number of anilines is 1. The molecule has 22 heavy (non-hydrogen) atoms. The topological polar surface area (TPSA) is 96.4 Å². The molecule has 118 valence electrons. The van der Waals surface area contributed by atoms with Crippen LogP contribution in [0.25, 0.3) is 0 Å². The molecule has 2 N–H and O–H groups in total. The predicted octanol–water partition coefficient (Wildman–Crippen LogP) is 2.84. The summed E-state index contributed by atoms with van der Waals surface area (Å²) in [7, 11) is -3.70. The Kier molecular flexibility index (Phi) is 4.82. The normalized spacial score (nSPS) is 11.6. The first kappa shape index (κ1) is 16.4. The van der Waals surface area contributed by atoms with Gasteiger partial charge in [0.15, 0.2) is 4.21 Å².